The van der Waals surface area contributed by atoms with Crippen LogP contribution < -0.4 is 10.6 Å². The molecule has 4 heteroatoms. The zero-order valence-electron chi connectivity index (χ0n) is 20.9. The van der Waals surface area contributed by atoms with Gasteiger partial charge in [0, 0.05) is 25.2 Å². The van der Waals surface area contributed by atoms with Crippen molar-refractivity contribution >= 4 is 24.0 Å². The van der Waals surface area contributed by atoms with Gasteiger partial charge in [-0.05, 0) is 51.7 Å². The zero-order chi connectivity index (χ0) is 24.5. The van der Waals surface area contributed by atoms with Crippen LogP contribution in [-0.4, -0.2) is 24.9 Å². The third kappa shape index (κ3) is 9.48. The van der Waals surface area contributed by atoms with E-state index in [0.29, 0.717) is 19.5 Å². The molecular formula is C29H38N2O2. The molecule has 0 saturated carbocycles. The molecule has 0 fully saturated rings. The maximum atomic E-state index is 12.0. The van der Waals surface area contributed by atoms with Crippen LogP contribution in [0.5, 0.6) is 0 Å². The van der Waals surface area contributed by atoms with Gasteiger partial charge in [0.05, 0.1) is 0 Å². The maximum absolute atomic E-state index is 12.0. The molecule has 0 spiro atoms. The van der Waals surface area contributed by atoms with Crippen LogP contribution in [-0.2, 0) is 20.4 Å². The molecule has 0 atom stereocenters. The summed E-state index contributed by atoms with van der Waals surface area (Å²) in [4.78, 5) is 24.0. The highest BCUT2D eigenvalue weighted by atomic mass is 16.2. The molecule has 0 unspecified atom stereocenters. The number of benzene rings is 2. The Morgan fingerprint density at radius 1 is 0.636 bits per heavy atom. The van der Waals surface area contributed by atoms with Gasteiger partial charge in [0.15, 0.2) is 0 Å². The summed E-state index contributed by atoms with van der Waals surface area (Å²) in [5.41, 5.74) is 4.74. The fraction of sp³-hybridized carbons (Fsp3) is 0.379. The first-order valence-corrected chi connectivity index (χ1v) is 11.6. The van der Waals surface area contributed by atoms with Gasteiger partial charge in [0.1, 0.15) is 0 Å². The lowest BCUT2D eigenvalue weighted by Gasteiger charge is -2.18. The van der Waals surface area contributed by atoms with E-state index in [9.17, 15) is 9.59 Å². The van der Waals surface area contributed by atoms with Crippen LogP contribution in [0.15, 0.2) is 60.7 Å². The first kappa shape index (κ1) is 26.1. The summed E-state index contributed by atoms with van der Waals surface area (Å²) in [6.07, 6.45) is 7.36. The van der Waals surface area contributed by atoms with Gasteiger partial charge in [-0.15, -0.1) is 0 Å². The molecule has 2 N–H and O–H groups in total. The minimum atomic E-state index is -0.139. The second kappa shape index (κ2) is 11.6. The third-order valence-electron chi connectivity index (χ3n) is 5.36. The van der Waals surface area contributed by atoms with Gasteiger partial charge in [-0.3, -0.25) is 9.59 Å². The van der Waals surface area contributed by atoms with Crippen molar-refractivity contribution < 1.29 is 9.59 Å². The molecule has 0 heterocycles. The first-order valence-electron chi connectivity index (χ1n) is 11.6. The van der Waals surface area contributed by atoms with E-state index in [1.54, 1.807) is 12.2 Å². The van der Waals surface area contributed by atoms with Crippen molar-refractivity contribution in [3.8, 4) is 0 Å². The maximum Gasteiger partial charge on any atom is 0.244 e. The van der Waals surface area contributed by atoms with Gasteiger partial charge in [-0.2, -0.15) is 0 Å². The van der Waals surface area contributed by atoms with Crippen molar-refractivity contribution in [2.75, 3.05) is 13.1 Å². The molecule has 0 aromatic heterocycles. The molecule has 0 aliphatic carbocycles. The Balaban J connectivity index is 1.66. The molecular weight excluding hydrogens is 408 g/mol. The quantitative estimate of drug-likeness (QED) is 0.408. The van der Waals surface area contributed by atoms with Crippen LogP contribution in [0.2, 0.25) is 0 Å². The molecule has 176 valence electrons. The summed E-state index contributed by atoms with van der Waals surface area (Å²) in [5, 5.41) is 5.68. The number of hydrogen-bond donors (Lipinski definition) is 2. The number of carbonyl (C=O) groups is 2. The SMILES string of the molecule is CC(C)(C)c1ccc(/C=C/C(=O)NCCCNC(=O)/C=C/c2ccc(C(C)(C)C)cc2)cc1. The van der Waals surface area contributed by atoms with E-state index < -0.39 is 0 Å². The van der Waals surface area contributed by atoms with Gasteiger partial charge in [0.2, 0.25) is 11.8 Å². The van der Waals surface area contributed by atoms with Crippen molar-refractivity contribution in [1.29, 1.82) is 0 Å². The number of amides is 2. The van der Waals surface area contributed by atoms with Crippen LogP contribution in [0.3, 0.4) is 0 Å². The predicted octanol–water partition coefficient (Wildman–Crippen LogP) is 5.63. The average molecular weight is 447 g/mol. The second-order valence-electron chi connectivity index (χ2n) is 10.3. The van der Waals surface area contributed by atoms with Crippen LogP contribution in [0, 0.1) is 0 Å². The summed E-state index contributed by atoms with van der Waals surface area (Å²) < 4.78 is 0. The Kier molecular flexibility index (Phi) is 9.22. The summed E-state index contributed by atoms with van der Waals surface area (Å²) in [7, 11) is 0. The summed E-state index contributed by atoms with van der Waals surface area (Å²) >= 11 is 0. The monoisotopic (exact) mass is 446 g/mol. The predicted molar refractivity (Wildman–Crippen MR) is 139 cm³/mol. The second-order valence-corrected chi connectivity index (χ2v) is 10.3. The fourth-order valence-electron chi connectivity index (χ4n) is 3.16. The van der Waals surface area contributed by atoms with Crippen LogP contribution in [0.25, 0.3) is 12.2 Å². The molecule has 2 aromatic rings. The Labute approximate surface area is 199 Å². The first-order chi connectivity index (χ1) is 15.4. The number of rotatable bonds is 8. The Morgan fingerprint density at radius 3 is 1.27 bits per heavy atom. The number of nitrogens with one attached hydrogen (secondary N) is 2. The van der Waals surface area contributed by atoms with E-state index in [1.165, 1.54) is 11.1 Å². The topological polar surface area (TPSA) is 58.2 Å². The molecule has 2 rings (SSSR count). The van der Waals surface area contributed by atoms with Crippen LogP contribution in [0.1, 0.15) is 70.2 Å². The van der Waals surface area contributed by atoms with Gasteiger partial charge < -0.3 is 10.6 Å². The molecule has 0 aliphatic rings. The summed E-state index contributed by atoms with van der Waals surface area (Å²) in [6.45, 7) is 14.1. The lowest BCUT2D eigenvalue weighted by atomic mass is 9.87. The van der Waals surface area contributed by atoms with E-state index in [2.05, 4.69) is 76.4 Å². The third-order valence-corrected chi connectivity index (χ3v) is 5.36. The van der Waals surface area contributed by atoms with E-state index in [1.807, 2.05) is 36.4 Å². The van der Waals surface area contributed by atoms with Gasteiger partial charge in [-0.1, -0.05) is 90.1 Å². The highest BCUT2D eigenvalue weighted by Gasteiger charge is 2.13. The lowest BCUT2D eigenvalue weighted by Crippen LogP contribution is -2.28. The smallest absolute Gasteiger partial charge is 0.244 e. The summed E-state index contributed by atoms with van der Waals surface area (Å²) in [6, 6.07) is 16.5. The molecule has 0 saturated heterocycles. The highest BCUT2D eigenvalue weighted by molar-refractivity contribution is 5.92. The van der Waals surface area contributed by atoms with Gasteiger partial charge in [0.25, 0.3) is 0 Å². The molecule has 4 nitrogen and oxygen atoms in total. The van der Waals surface area contributed by atoms with E-state index in [-0.39, 0.29) is 22.6 Å². The van der Waals surface area contributed by atoms with Crippen molar-refractivity contribution in [3.63, 3.8) is 0 Å². The van der Waals surface area contributed by atoms with Crippen LogP contribution in [0.4, 0.5) is 0 Å². The van der Waals surface area contributed by atoms with Crippen molar-refractivity contribution in [3.05, 3.63) is 82.9 Å². The van der Waals surface area contributed by atoms with Crippen molar-refractivity contribution in [2.45, 2.75) is 58.8 Å². The van der Waals surface area contributed by atoms with Crippen molar-refractivity contribution in [1.82, 2.24) is 10.6 Å². The molecule has 0 aliphatic heterocycles. The fourth-order valence-corrected chi connectivity index (χ4v) is 3.16. The standard InChI is InChI=1S/C29H38N2O2/c1-28(2,3)24-14-8-22(9-15-24)12-18-26(32)30-20-7-21-31-27(33)19-13-23-10-16-25(17-11-23)29(4,5)6/h8-19H,7,20-21H2,1-6H3,(H,30,32)(H,31,33)/b18-12+,19-13+. The number of carbonyl (C=O) groups excluding carboxylic acids is 2. The molecule has 0 radical (unpaired) electrons. The molecule has 2 aromatic carbocycles. The Morgan fingerprint density at radius 2 is 0.970 bits per heavy atom. The zero-order valence-corrected chi connectivity index (χ0v) is 20.9. The molecule has 33 heavy (non-hydrogen) atoms. The van der Waals surface area contributed by atoms with Gasteiger partial charge in [-0.25, -0.2) is 0 Å². The van der Waals surface area contributed by atoms with E-state index >= 15 is 0 Å². The Hall–Kier alpha value is -3.14. The molecule has 0 bridgehead atoms. The largest absolute Gasteiger partial charge is 0.352 e. The minimum Gasteiger partial charge on any atom is -0.352 e. The van der Waals surface area contributed by atoms with E-state index in [4.69, 9.17) is 0 Å². The lowest BCUT2D eigenvalue weighted by molar-refractivity contribution is -0.116. The molecule has 2 amide bonds. The number of hydrogen-bond acceptors (Lipinski definition) is 2. The summed E-state index contributed by atoms with van der Waals surface area (Å²) in [5.74, 6) is -0.278. The van der Waals surface area contributed by atoms with Crippen LogP contribution >= 0.6 is 0 Å². The average Bonchev–Trinajstić information content (AvgIpc) is 2.75. The minimum absolute atomic E-state index is 0.114. The van der Waals surface area contributed by atoms with Gasteiger partial charge >= 0.3 is 0 Å². The normalized spacial score (nSPS) is 12.3. The highest BCUT2D eigenvalue weighted by Crippen LogP contribution is 2.23. The van der Waals surface area contributed by atoms with E-state index in [0.717, 1.165) is 11.1 Å². The van der Waals surface area contributed by atoms with Crippen molar-refractivity contribution in [2.24, 2.45) is 0 Å². The Bertz CT molecular complexity index is 889.